The second kappa shape index (κ2) is 6.80. The van der Waals surface area contributed by atoms with Crippen LogP contribution in [0, 0.1) is 6.92 Å². The minimum atomic E-state index is -0.212. The summed E-state index contributed by atoms with van der Waals surface area (Å²) in [6, 6.07) is 20.2. The van der Waals surface area contributed by atoms with Gasteiger partial charge in [-0.15, -0.1) is 0 Å². The molecule has 1 aliphatic heterocycles. The molecule has 0 aliphatic carbocycles. The van der Waals surface area contributed by atoms with E-state index in [4.69, 9.17) is 14.2 Å². The summed E-state index contributed by atoms with van der Waals surface area (Å²) in [6.07, 6.45) is 0. The number of benzene rings is 3. The van der Waals surface area contributed by atoms with Crippen molar-refractivity contribution >= 4 is 11.6 Å². The first kappa shape index (κ1) is 16.0. The molecule has 0 aromatic heterocycles. The van der Waals surface area contributed by atoms with Gasteiger partial charge >= 0.3 is 0 Å². The largest absolute Gasteiger partial charge is 0.457 e. The first-order valence-electron chi connectivity index (χ1n) is 8.23. The first-order chi connectivity index (χ1) is 12.7. The quantitative estimate of drug-likeness (QED) is 0.739. The van der Waals surface area contributed by atoms with Crippen molar-refractivity contribution in [3.05, 3.63) is 77.9 Å². The van der Waals surface area contributed by atoms with E-state index in [1.54, 1.807) is 30.3 Å². The highest BCUT2D eigenvalue weighted by Crippen LogP contribution is 2.32. The highest BCUT2D eigenvalue weighted by atomic mass is 16.7. The van der Waals surface area contributed by atoms with E-state index in [2.05, 4.69) is 5.32 Å². The predicted molar refractivity (Wildman–Crippen MR) is 98.2 cm³/mol. The fourth-order valence-electron chi connectivity index (χ4n) is 2.59. The molecule has 0 spiro atoms. The Labute approximate surface area is 151 Å². The zero-order valence-corrected chi connectivity index (χ0v) is 14.2. The summed E-state index contributed by atoms with van der Waals surface area (Å²) in [5.41, 5.74) is 2.37. The summed E-state index contributed by atoms with van der Waals surface area (Å²) in [5, 5.41) is 2.86. The molecule has 1 N–H and O–H groups in total. The van der Waals surface area contributed by atoms with E-state index in [9.17, 15) is 4.79 Å². The normalized spacial score (nSPS) is 11.9. The lowest BCUT2D eigenvalue weighted by molar-refractivity contribution is 0.102. The summed E-state index contributed by atoms with van der Waals surface area (Å²) in [4.78, 5) is 12.4. The second-order valence-corrected chi connectivity index (χ2v) is 5.96. The van der Waals surface area contributed by atoms with Crippen molar-refractivity contribution in [2.45, 2.75) is 6.92 Å². The Morgan fingerprint density at radius 3 is 2.27 bits per heavy atom. The van der Waals surface area contributed by atoms with E-state index in [1.165, 1.54) is 5.56 Å². The zero-order valence-electron chi connectivity index (χ0n) is 14.2. The number of hydrogen-bond acceptors (Lipinski definition) is 4. The molecular formula is C21H17NO4. The van der Waals surface area contributed by atoms with Crippen molar-refractivity contribution < 1.29 is 19.0 Å². The Balaban J connectivity index is 1.42. The maximum atomic E-state index is 12.4. The van der Waals surface area contributed by atoms with Crippen LogP contribution < -0.4 is 19.5 Å². The molecule has 130 valence electrons. The molecule has 0 fully saturated rings. The summed E-state index contributed by atoms with van der Waals surface area (Å²) < 4.78 is 16.3. The van der Waals surface area contributed by atoms with Crippen molar-refractivity contribution in [1.29, 1.82) is 0 Å². The Hall–Kier alpha value is -3.47. The Kier molecular flexibility index (Phi) is 4.19. The molecule has 5 nitrogen and oxygen atoms in total. The van der Waals surface area contributed by atoms with Gasteiger partial charge in [-0.25, -0.2) is 0 Å². The van der Waals surface area contributed by atoms with Gasteiger partial charge in [-0.2, -0.15) is 0 Å². The van der Waals surface area contributed by atoms with E-state index in [0.717, 1.165) is 5.75 Å². The molecule has 4 rings (SSSR count). The number of anilines is 1. The highest BCUT2D eigenvalue weighted by molar-refractivity contribution is 6.04. The fraction of sp³-hybridized carbons (Fsp3) is 0.0952. The van der Waals surface area contributed by atoms with Crippen molar-refractivity contribution in [3.8, 4) is 23.0 Å². The smallest absolute Gasteiger partial charge is 0.255 e. The topological polar surface area (TPSA) is 56.8 Å². The number of carbonyl (C=O) groups is 1. The summed E-state index contributed by atoms with van der Waals surface area (Å²) in [6.45, 7) is 2.21. The third-order valence-electron chi connectivity index (χ3n) is 4.00. The number of hydrogen-bond donors (Lipinski definition) is 1. The van der Waals surface area contributed by atoms with E-state index >= 15 is 0 Å². The molecule has 0 saturated heterocycles. The molecule has 3 aromatic carbocycles. The lowest BCUT2D eigenvalue weighted by Crippen LogP contribution is -2.11. The van der Waals surface area contributed by atoms with Crippen LogP contribution in [0.5, 0.6) is 23.0 Å². The molecule has 5 heteroatoms. The van der Waals surface area contributed by atoms with E-state index in [-0.39, 0.29) is 12.7 Å². The number of aryl methyl sites for hydroxylation is 1. The van der Waals surface area contributed by atoms with E-state index in [1.807, 2.05) is 43.3 Å². The van der Waals surface area contributed by atoms with E-state index < -0.39 is 0 Å². The summed E-state index contributed by atoms with van der Waals surface area (Å²) in [7, 11) is 0. The number of rotatable bonds is 4. The van der Waals surface area contributed by atoms with Gasteiger partial charge in [0.25, 0.3) is 5.91 Å². The predicted octanol–water partition coefficient (Wildman–Crippen LogP) is 4.77. The number of ether oxygens (including phenoxy) is 3. The number of carbonyl (C=O) groups excluding carboxylic acids is 1. The van der Waals surface area contributed by atoms with Gasteiger partial charge in [0, 0.05) is 11.3 Å². The third kappa shape index (κ3) is 3.47. The van der Waals surface area contributed by atoms with Crippen molar-refractivity contribution in [3.63, 3.8) is 0 Å². The number of nitrogens with one attached hydrogen (secondary N) is 1. The van der Waals surface area contributed by atoms with Crippen LogP contribution in [0.15, 0.2) is 66.7 Å². The van der Waals surface area contributed by atoms with Crippen LogP contribution in [0.1, 0.15) is 15.9 Å². The molecule has 3 aromatic rings. The van der Waals surface area contributed by atoms with Gasteiger partial charge in [0.15, 0.2) is 11.5 Å². The van der Waals surface area contributed by atoms with Crippen LogP contribution in [0.25, 0.3) is 0 Å². The minimum Gasteiger partial charge on any atom is -0.457 e. The Morgan fingerprint density at radius 1 is 0.885 bits per heavy atom. The minimum absolute atomic E-state index is 0.183. The van der Waals surface area contributed by atoms with Crippen LogP contribution in [0.4, 0.5) is 5.69 Å². The van der Waals surface area contributed by atoms with Gasteiger partial charge < -0.3 is 19.5 Å². The van der Waals surface area contributed by atoms with Crippen molar-refractivity contribution in [1.82, 2.24) is 0 Å². The molecule has 0 atom stereocenters. The third-order valence-corrected chi connectivity index (χ3v) is 4.00. The molecule has 0 bridgehead atoms. The van der Waals surface area contributed by atoms with Crippen LogP contribution in [-0.4, -0.2) is 12.7 Å². The average molecular weight is 347 g/mol. The molecule has 0 unspecified atom stereocenters. The van der Waals surface area contributed by atoms with Gasteiger partial charge in [0.2, 0.25) is 6.79 Å². The number of fused-ring (bicyclic) bond motifs is 1. The van der Waals surface area contributed by atoms with Gasteiger partial charge in [-0.1, -0.05) is 17.7 Å². The lowest BCUT2D eigenvalue weighted by Gasteiger charge is -2.09. The summed E-state index contributed by atoms with van der Waals surface area (Å²) >= 11 is 0. The molecule has 1 aliphatic rings. The Morgan fingerprint density at radius 2 is 1.54 bits per heavy atom. The van der Waals surface area contributed by atoms with E-state index in [0.29, 0.717) is 28.5 Å². The van der Waals surface area contributed by atoms with Gasteiger partial charge in [0.05, 0.1) is 0 Å². The standard InChI is InChI=1S/C21H17NO4/c1-14-2-7-17(8-3-14)26-18-9-5-16(6-10-18)22-21(23)15-4-11-19-20(12-15)25-13-24-19/h2-12H,13H2,1H3,(H,22,23). The van der Waals surface area contributed by atoms with Crippen LogP contribution in [0.2, 0.25) is 0 Å². The van der Waals surface area contributed by atoms with Gasteiger partial charge in [0.1, 0.15) is 11.5 Å². The molecular weight excluding hydrogens is 330 g/mol. The van der Waals surface area contributed by atoms with Crippen LogP contribution in [0.3, 0.4) is 0 Å². The van der Waals surface area contributed by atoms with Crippen molar-refractivity contribution in [2.75, 3.05) is 12.1 Å². The summed E-state index contributed by atoms with van der Waals surface area (Å²) in [5.74, 6) is 2.50. The molecule has 1 amide bonds. The number of amides is 1. The molecule has 1 heterocycles. The Bertz CT molecular complexity index is 933. The maximum absolute atomic E-state index is 12.4. The molecule has 0 saturated carbocycles. The average Bonchev–Trinajstić information content (AvgIpc) is 3.13. The van der Waals surface area contributed by atoms with Crippen LogP contribution in [-0.2, 0) is 0 Å². The molecule has 26 heavy (non-hydrogen) atoms. The SMILES string of the molecule is Cc1ccc(Oc2ccc(NC(=O)c3ccc4c(c3)OCO4)cc2)cc1. The zero-order chi connectivity index (χ0) is 17.9. The lowest BCUT2D eigenvalue weighted by atomic mass is 10.2. The highest BCUT2D eigenvalue weighted by Gasteiger charge is 2.16. The van der Waals surface area contributed by atoms with Gasteiger partial charge in [-0.05, 0) is 61.5 Å². The first-order valence-corrected chi connectivity index (χ1v) is 8.23. The van der Waals surface area contributed by atoms with Crippen molar-refractivity contribution in [2.24, 2.45) is 0 Å². The fourth-order valence-corrected chi connectivity index (χ4v) is 2.59. The second-order valence-electron chi connectivity index (χ2n) is 5.96. The molecule has 0 radical (unpaired) electrons. The maximum Gasteiger partial charge on any atom is 0.255 e. The van der Waals surface area contributed by atoms with Gasteiger partial charge in [-0.3, -0.25) is 4.79 Å². The van der Waals surface area contributed by atoms with Crippen LogP contribution >= 0.6 is 0 Å². The monoisotopic (exact) mass is 347 g/mol.